The highest BCUT2D eigenvalue weighted by molar-refractivity contribution is 6.20. The zero-order valence-corrected chi connectivity index (χ0v) is 11.3. The van der Waals surface area contributed by atoms with Gasteiger partial charge >= 0.3 is 0 Å². The lowest BCUT2D eigenvalue weighted by Crippen LogP contribution is -2.28. The molecule has 1 rings (SSSR count). The van der Waals surface area contributed by atoms with Crippen LogP contribution in [-0.2, 0) is 11.3 Å². The van der Waals surface area contributed by atoms with Crippen molar-refractivity contribution in [3.8, 4) is 5.88 Å². The second-order valence-corrected chi connectivity index (χ2v) is 4.54. The third-order valence-electron chi connectivity index (χ3n) is 2.34. The third-order valence-corrected chi connectivity index (χ3v) is 2.60. The molecule has 0 saturated carbocycles. The van der Waals surface area contributed by atoms with E-state index >= 15 is 0 Å². The lowest BCUT2D eigenvalue weighted by atomic mass is 10.2. The Morgan fingerprint density at radius 1 is 1.47 bits per heavy atom. The first-order valence-electron chi connectivity index (χ1n) is 5.46. The Kier molecular flexibility index (Phi) is 6.26. The first-order valence-corrected chi connectivity index (χ1v) is 5.90. The van der Waals surface area contributed by atoms with Crippen molar-refractivity contribution in [2.24, 2.45) is 0 Å². The molecule has 1 aromatic heterocycles. The van der Waals surface area contributed by atoms with Gasteiger partial charge in [-0.15, -0.1) is 11.6 Å². The van der Waals surface area contributed by atoms with Gasteiger partial charge in [-0.2, -0.15) is 0 Å². The van der Waals surface area contributed by atoms with Crippen LogP contribution in [0.3, 0.4) is 0 Å². The fourth-order valence-electron chi connectivity index (χ4n) is 1.66. The van der Waals surface area contributed by atoms with Gasteiger partial charge in [0, 0.05) is 32.0 Å². The highest BCUT2D eigenvalue weighted by Gasteiger charge is 2.11. The van der Waals surface area contributed by atoms with Gasteiger partial charge < -0.3 is 14.4 Å². The van der Waals surface area contributed by atoms with Crippen molar-refractivity contribution < 1.29 is 9.47 Å². The van der Waals surface area contributed by atoms with Crippen molar-refractivity contribution in [3.05, 3.63) is 23.9 Å². The van der Waals surface area contributed by atoms with Crippen LogP contribution in [0.2, 0.25) is 0 Å². The largest absolute Gasteiger partial charge is 0.481 e. The molecule has 5 heteroatoms. The standard InChI is InChI=1S/C12H19ClN2O2/c1-15(8-11(13)9-16-2)7-10-5-4-6-14-12(10)17-3/h4-6,11H,7-9H2,1-3H3. The molecule has 1 heterocycles. The fraction of sp³-hybridized carbons (Fsp3) is 0.583. The normalized spacial score (nSPS) is 12.8. The molecule has 0 aliphatic carbocycles. The molecule has 0 fully saturated rings. The van der Waals surface area contributed by atoms with Crippen LogP contribution in [0.5, 0.6) is 5.88 Å². The Morgan fingerprint density at radius 3 is 2.88 bits per heavy atom. The number of methoxy groups -OCH3 is 2. The van der Waals surface area contributed by atoms with Crippen LogP contribution in [-0.4, -0.2) is 49.7 Å². The van der Waals surface area contributed by atoms with E-state index in [9.17, 15) is 0 Å². The van der Waals surface area contributed by atoms with Crippen molar-refractivity contribution in [1.82, 2.24) is 9.88 Å². The average Bonchev–Trinajstić information content (AvgIpc) is 2.29. The van der Waals surface area contributed by atoms with Crippen molar-refractivity contribution in [1.29, 1.82) is 0 Å². The summed E-state index contributed by atoms with van der Waals surface area (Å²) >= 11 is 6.10. The molecule has 0 radical (unpaired) electrons. The van der Waals surface area contributed by atoms with Crippen LogP contribution in [0, 0.1) is 0 Å². The van der Waals surface area contributed by atoms with Gasteiger partial charge in [0.05, 0.1) is 19.1 Å². The fourth-order valence-corrected chi connectivity index (χ4v) is 2.02. The number of alkyl halides is 1. The van der Waals surface area contributed by atoms with Crippen molar-refractivity contribution in [2.45, 2.75) is 11.9 Å². The number of hydrogen-bond acceptors (Lipinski definition) is 4. The van der Waals surface area contributed by atoms with Gasteiger partial charge in [-0.25, -0.2) is 4.98 Å². The molecule has 0 aromatic carbocycles. The first kappa shape index (κ1) is 14.2. The summed E-state index contributed by atoms with van der Waals surface area (Å²) in [5.74, 6) is 0.664. The average molecular weight is 259 g/mol. The second kappa shape index (κ2) is 7.48. The van der Waals surface area contributed by atoms with Gasteiger partial charge in [0.25, 0.3) is 0 Å². The Balaban J connectivity index is 2.52. The topological polar surface area (TPSA) is 34.6 Å². The van der Waals surface area contributed by atoms with E-state index in [1.807, 2.05) is 19.2 Å². The molecule has 0 amide bonds. The smallest absolute Gasteiger partial charge is 0.217 e. The van der Waals surface area contributed by atoms with E-state index in [-0.39, 0.29) is 5.38 Å². The maximum absolute atomic E-state index is 6.10. The van der Waals surface area contributed by atoms with E-state index in [1.165, 1.54) is 0 Å². The third kappa shape index (κ3) is 4.89. The Labute approximate surface area is 107 Å². The van der Waals surface area contributed by atoms with Gasteiger partial charge in [-0.1, -0.05) is 6.07 Å². The van der Waals surface area contributed by atoms with E-state index in [2.05, 4.69) is 9.88 Å². The predicted molar refractivity (Wildman–Crippen MR) is 68.6 cm³/mol. The van der Waals surface area contributed by atoms with Crippen LogP contribution >= 0.6 is 11.6 Å². The second-order valence-electron chi connectivity index (χ2n) is 3.92. The summed E-state index contributed by atoms with van der Waals surface area (Å²) in [7, 11) is 5.29. The molecule has 1 atom stereocenters. The zero-order chi connectivity index (χ0) is 12.7. The molecule has 1 unspecified atom stereocenters. The van der Waals surface area contributed by atoms with Crippen molar-refractivity contribution in [3.63, 3.8) is 0 Å². The molecule has 1 aromatic rings. The van der Waals surface area contributed by atoms with Crippen LogP contribution in [0.1, 0.15) is 5.56 Å². The van der Waals surface area contributed by atoms with E-state index in [0.717, 1.165) is 18.7 Å². The van der Waals surface area contributed by atoms with E-state index in [1.54, 1.807) is 20.4 Å². The molecule has 17 heavy (non-hydrogen) atoms. The predicted octanol–water partition coefficient (Wildman–Crippen LogP) is 1.78. The van der Waals surface area contributed by atoms with Gasteiger partial charge in [-0.3, -0.25) is 0 Å². The summed E-state index contributed by atoms with van der Waals surface area (Å²) < 4.78 is 10.2. The quantitative estimate of drug-likeness (QED) is 0.699. The number of pyridine rings is 1. The van der Waals surface area contributed by atoms with E-state index < -0.39 is 0 Å². The lowest BCUT2D eigenvalue weighted by Gasteiger charge is -2.20. The minimum absolute atomic E-state index is 0.00679. The highest BCUT2D eigenvalue weighted by Crippen LogP contribution is 2.15. The van der Waals surface area contributed by atoms with Gasteiger partial charge in [0.1, 0.15) is 0 Å². The summed E-state index contributed by atoms with van der Waals surface area (Å²) in [6.07, 6.45) is 1.72. The zero-order valence-electron chi connectivity index (χ0n) is 10.5. The molecular weight excluding hydrogens is 240 g/mol. The number of rotatable bonds is 7. The molecular formula is C12H19ClN2O2. The summed E-state index contributed by atoms with van der Waals surface area (Å²) in [5, 5.41) is -0.00679. The first-order chi connectivity index (χ1) is 8.17. The van der Waals surface area contributed by atoms with Gasteiger partial charge in [0.2, 0.25) is 5.88 Å². The monoisotopic (exact) mass is 258 g/mol. The molecule has 0 aliphatic heterocycles. The number of nitrogens with zero attached hydrogens (tertiary/aromatic N) is 2. The highest BCUT2D eigenvalue weighted by atomic mass is 35.5. The molecule has 0 N–H and O–H groups in total. The van der Waals surface area contributed by atoms with Crippen molar-refractivity contribution >= 4 is 11.6 Å². The maximum atomic E-state index is 6.10. The molecule has 96 valence electrons. The molecule has 0 aliphatic rings. The molecule has 0 bridgehead atoms. The number of ether oxygens (including phenoxy) is 2. The summed E-state index contributed by atoms with van der Waals surface area (Å²) in [6, 6.07) is 3.90. The molecule has 0 saturated heterocycles. The maximum Gasteiger partial charge on any atom is 0.217 e. The minimum atomic E-state index is -0.00679. The SMILES string of the molecule is COCC(Cl)CN(C)Cc1cccnc1OC. The summed E-state index contributed by atoms with van der Waals surface area (Å²) in [6.45, 7) is 2.06. The van der Waals surface area contributed by atoms with E-state index in [4.69, 9.17) is 21.1 Å². The Morgan fingerprint density at radius 2 is 2.24 bits per heavy atom. The number of hydrogen-bond donors (Lipinski definition) is 0. The Hall–Kier alpha value is -0.840. The number of aromatic nitrogens is 1. The van der Waals surface area contributed by atoms with Crippen LogP contribution < -0.4 is 4.74 Å². The van der Waals surface area contributed by atoms with Crippen molar-refractivity contribution in [2.75, 3.05) is 34.4 Å². The summed E-state index contributed by atoms with van der Waals surface area (Å²) in [5.41, 5.74) is 1.05. The molecule has 0 spiro atoms. The minimum Gasteiger partial charge on any atom is -0.481 e. The van der Waals surface area contributed by atoms with Gasteiger partial charge in [0.15, 0.2) is 0 Å². The Bertz CT molecular complexity index is 336. The molecule has 4 nitrogen and oxygen atoms in total. The van der Waals surface area contributed by atoms with Crippen LogP contribution in [0.25, 0.3) is 0 Å². The van der Waals surface area contributed by atoms with Crippen LogP contribution in [0.4, 0.5) is 0 Å². The summed E-state index contributed by atoms with van der Waals surface area (Å²) in [4.78, 5) is 6.28. The van der Waals surface area contributed by atoms with Crippen LogP contribution in [0.15, 0.2) is 18.3 Å². The lowest BCUT2D eigenvalue weighted by molar-refractivity contribution is 0.181. The number of halogens is 1. The van der Waals surface area contributed by atoms with E-state index in [0.29, 0.717) is 12.5 Å². The van der Waals surface area contributed by atoms with Gasteiger partial charge in [-0.05, 0) is 13.1 Å².